The van der Waals surface area contributed by atoms with Crippen molar-refractivity contribution in [3.8, 4) is 0 Å². The highest BCUT2D eigenvalue weighted by Gasteiger charge is 2.49. The Balaban J connectivity index is 0.000000363. The lowest BCUT2D eigenvalue weighted by Crippen LogP contribution is -2.59. The van der Waals surface area contributed by atoms with Crippen LogP contribution in [0.25, 0.3) is 0 Å². The van der Waals surface area contributed by atoms with Gasteiger partial charge < -0.3 is 60.2 Å². The highest BCUT2D eigenvalue weighted by Crippen LogP contribution is 2.50. The first-order chi connectivity index (χ1) is 38.5. The van der Waals surface area contributed by atoms with Gasteiger partial charge in [-0.05, 0) is 155 Å². The van der Waals surface area contributed by atoms with Crippen molar-refractivity contribution in [1.29, 1.82) is 0 Å². The number of carbonyl (C=O) groups is 5. The number of carboxylic acids is 3. The van der Waals surface area contributed by atoms with E-state index in [9.17, 15) is 54.6 Å². The molecule has 0 aromatic heterocycles. The maximum absolute atomic E-state index is 12.4. The van der Waals surface area contributed by atoms with E-state index < -0.39 is 72.4 Å². The quantitative estimate of drug-likeness (QED) is 0.0577. The Hall–Kier alpha value is -5.01. The molecule has 4 unspecified atom stereocenters. The van der Waals surface area contributed by atoms with Crippen LogP contribution in [0.1, 0.15) is 198 Å². The average molecular weight is 1170 g/mol. The molecule has 2 saturated carbocycles. The minimum absolute atomic E-state index is 0.00944. The predicted molar refractivity (Wildman–Crippen MR) is 320 cm³/mol. The molecular weight excluding hydrogens is 1060 g/mol. The number of hydrogen-bond donors (Lipinski definition) is 9. The highest BCUT2D eigenvalue weighted by atomic mass is 16.7. The first-order valence-electron chi connectivity index (χ1n) is 29.5. The van der Waals surface area contributed by atoms with Gasteiger partial charge >= 0.3 is 29.8 Å². The van der Waals surface area contributed by atoms with Crippen LogP contribution in [0.3, 0.4) is 0 Å². The zero-order valence-electron chi connectivity index (χ0n) is 51.7. The fourth-order valence-electron chi connectivity index (χ4n) is 12.8. The van der Waals surface area contributed by atoms with Gasteiger partial charge in [0, 0.05) is 22.7 Å². The number of aliphatic hydroxyl groups is 6. The predicted octanol–water partition coefficient (Wildman–Crippen LogP) is 11.0. The van der Waals surface area contributed by atoms with Crippen LogP contribution in [0.4, 0.5) is 0 Å². The summed E-state index contributed by atoms with van der Waals surface area (Å²) < 4.78 is 15.4. The smallest absolute Gasteiger partial charge is 0.312 e. The molecule has 1 saturated heterocycles. The molecule has 17 heteroatoms. The van der Waals surface area contributed by atoms with Crippen molar-refractivity contribution < 1.29 is 84.1 Å². The maximum atomic E-state index is 12.4. The van der Waals surface area contributed by atoms with Crippen LogP contribution in [0.2, 0.25) is 0 Å². The topological polar surface area (TPSA) is 295 Å². The summed E-state index contributed by atoms with van der Waals surface area (Å²) in [4.78, 5) is 55.9. The Bertz CT molecular complexity index is 2320. The van der Waals surface area contributed by atoms with E-state index in [1.54, 1.807) is 26.0 Å². The number of aliphatic hydroxyl groups excluding tert-OH is 4. The summed E-state index contributed by atoms with van der Waals surface area (Å²) in [6, 6.07) is 0. The minimum atomic E-state index is -1.59. The summed E-state index contributed by atoms with van der Waals surface area (Å²) in [6.07, 6.45) is 19.1. The molecule has 0 spiro atoms. The number of aliphatic carboxylic acids is 3. The Labute approximate surface area is 494 Å². The van der Waals surface area contributed by atoms with Crippen LogP contribution in [-0.4, -0.2) is 131 Å². The van der Waals surface area contributed by atoms with Crippen LogP contribution in [0, 0.1) is 33.5 Å². The molecule has 6 rings (SSSR count). The van der Waals surface area contributed by atoms with Crippen LogP contribution in [0.15, 0.2) is 96.2 Å². The van der Waals surface area contributed by atoms with E-state index in [2.05, 4.69) is 47.1 Å². The van der Waals surface area contributed by atoms with E-state index in [0.29, 0.717) is 25.9 Å². The molecule has 2 heterocycles. The number of cyclic esters (lactones) is 1. The second kappa shape index (κ2) is 33.0. The third-order valence-corrected chi connectivity index (χ3v) is 18.6. The van der Waals surface area contributed by atoms with Gasteiger partial charge in [-0.15, -0.1) is 26.3 Å². The van der Waals surface area contributed by atoms with Crippen molar-refractivity contribution >= 4 is 29.8 Å². The Morgan fingerprint density at radius 2 is 1.04 bits per heavy atom. The van der Waals surface area contributed by atoms with Gasteiger partial charge in [0.05, 0.1) is 49.9 Å². The lowest BCUT2D eigenvalue weighted by atomic mass is 9.60. The van der Waals surface area contributed by atoms with E-state index in [1.807, 2.05) is 58.9 Å². The monoisotopic (exact) mass is 1170 g/mol. The largest absolute Gasteiger partial charge is 0.481 e. The number of allylic oxidation sites excluding steroid dienone is 8. The number of ether oxygens (including phenoxy) is 3. The summed E-state index contributed by atoms with van der Waals surface area (Å²) in [6.45, 7) is 34.9. The molecule has 0 aromatic carbocycles. The van der Waals surface area contributed by atoms with Gasteiger partial charge in [-0.3, -0.25) is 24.0 Å². The van der Waals surface area contributed by atoms with E-state index in [-0.39, 0.29) is 65.1 Å². The highest BCUT2D eigenvalue weighted by molar-refractivity contribution is 5.74. The minimum Gasteiger partial charge on any atom is -0.481 e. The number of esters is 2. The Morgan fingerprint density at radius 1 is 0.590 bits per heavy atom. The van der Waals surface area contributed by atoms with Crippen LogP contribution >= 0.6 is 0 Å². The number of carboxylic acid groups (broad SMARTS) is 3. The van der Waals surface area contributed by atoms with Crippen LogP contribution in [-0.2, 0) is 38.2 Å². The van der Waals surface area contributed by atoms with E-state index >= 15 is 0 Å². The average Bonchev–Trinajstić information content (AvgIpc) is 3.61. The molecule has 17 nitrogen and oxygen atoms in total. The molecule has 4 aliphatic carbocycles. The molecule has 3 fully saturated rings. The fourth-order valence-corrected chi connectivity index (χ4v) is 12.8. The molecule has 9 N–H and O–H groups in total. The van der Waals surface area contributed by atoms with Crippen LogP contribution in [0.5, 0.6) is 0 Å². The lowest BCUT2D eigenvalue weighted by Gasteiger charge is -2.47. The van der Waals surface area contributed by atoms with Gasteiger partial charge in [0.25, 0.3) is 0 Å². The van der Waals surface area contributed by atoms with Crippen molar-refractivity contribution in [1.82, 2.24) is 0 Å². The summed E-state index contributed by atoms with van der Waals surface area (Å²) in [5.74, 6) is -3.66. The summed E-state index contributed by atoms with van der Waals surface area (Å²) in [7, 11) is 0. The zero-order chi connectivity index (χ0) is 63.3. The first kappa shape index (κ1) is 74.1. The lowest BCUT2D eigenvalue weighted by molar-refractivity contribution is -0.292. The summed E-state index contributed by atoms with van der Waals surface area (Å²) in [5, 5.41) is 85.7. The molecule has 0 amide bonds. The second-order valence-corrected chi connectivity index (χ2v) is 25.4. The van der Waals surface area contributed by atoms with Crippen molar-refractivity contribution in [3.63, 3.8) is 0 Å². The van der Waals surface area contributed by atoms with Crippen molar-refractivity contribution in [3.05, 3.63) is 96.2 Å². The van der Waals surface area contributed by atoms with Gasteiger partial charge in [0.1, 0.15) is 31.0 Å². The summed E-state index contributed by atoms with van der Waals surface area (Å²) >= 11 is 0. The third kappa shape index (κ3) is 22.1. The van der Waals surface area contributed by atoms with Gasteiger partial charge in [-0.1, -0.05) is 91.5 Å². The van der Waals surface area contributed by atoms with E-state index in [1.165, 1.54) is 23.1 Å². The van der Waals surface area contributed by atoms with Gasteiger partial charge in [-0.25, -0.2) is 0 Å². The Kier molecular flexibility index (Phi) is 29.5. The van der Waals surface area contributed by atoms with E-state index in [4.69, 9.17) is 29.5 Å². The number of carbonyl (C=O) groups excluding carboxylic acids is 2. The van der Waals surface area contributed by atoms with Crippen molar-refractivity contribution in [2.45, 2.75) is 240 Å². The molecule has 2 aliphatic heterocycles. The molecule has 470 valence electrons. The molecular formula is C66H104O17. The standard InChI is InChI=1S/C18H28O7.2C12H20O3.2C12H18O2/c1-4-18(3)7-5-6-10(2)11(18)8-13(20)25-17-16(23)15(22)14(21)12(9-19)24-17;2*1-4-11(2)6-5-7-12(3,15)9(11)8-10(13)14;1-10-4-3-5-11(2)8-9-14-12(13)7-6-10;1-4-12(3)7-5-6-9(2)10(12)8-11(13)14/h4,12,14-17,19,21-23H,1,5-9H2,2-3H3;2*4,9,15H,1,5-8H2,2-3H3,(H,13,14);6,8H,3-5,7,9H2,1-2H3;4H,1,5-8H2,2-3H3,(H,13,14)/b;;;10-6+,11-8+;/t12?,14-,15?,16+,17+,18?;9-,11+,12-;9-,11-,12-;;/m000../s1. The molecule has 83 heavy (non-hydrogen) atoms. The maximum Gasteiger partial charge on any atom is 0.312 e. The second-order valence-electron chi connectivity index (χ2n) is 25.4. The molecule has 13 atom stereocenters. The Morgan fingerprint density at radius 3 is 1.45 bits per heavy atom. The van der Waals surface area contributed by atoms with Gasteiger partial charge in [-0.2, -0.15) is 0 Å². The SMILES string of the molecule is C/C1=C\COC(=O)C/C=C(\C)CCC1.C=CC1(C)CCCC(C)=C1CC(=O)O.C=CC1(C)CCCC(C)=C1CC(=O)O[C@H]1OC(CO)[C@H](O)C(O)[C@H]1O.C=C[C@@]1(C)CCC[C@](C)(O)[C@H]1CC(=O)O.C=C[C@]1(C)CCC[C@](C)(O)[C@H]1CC(=O)O. The van der Waals surface area contributed by atoms with Crippen molar-refractivity contribution in [2.75, 3.05) is 13.2 Å². The molecule has 0 aromatic rings. The first-order valence-corrected chi connectivity index (χ1v) is 29.5. The van der Waals surface area contributed by atoms with Gasteiger partial charge in [0.2, 0.25) is 6.29 Å². The molecule has 6 aliphatic rings. The fraction of sp³-hybridized carbons (Fsp3) is 0.682. The van der Waals surface area contributed by atoms with E-state index in [0.717, 1.165) is 93.8 Å². The van der Waals surface area contributed by atoms with Crippen molar-refractivity contribution in [2.24, 2.45) is 33.5 Å². The third-order valence-electron chi connectivity index (χ3n) is 18.6. The number of hydrogen-bond acceptors (Lipinski definition) is 14. The normalized spacial score (nSPS) is 36.0. The molecule has 0 radical (unpaired) electrons. The zero-order valence-corrected chi connectivity index (χ0v) is 51.7. The van der Waals surface area contributed by atoms with Crippen LogP contribution < -0.4 is 0 Å². The molecule has 0 bridgehead atoms. The van der Waals surface area contributed by atoms with Gasteiger partial charge in [0.15, 0.2) is 0 Å². The summed E-state index contributed by atoms with van der Waals surface area (Å²) in [5.41, 5.74) is 4.29. The number of rotatable bonds is 14.